The number of carbonyl (C=O) groups excluding carboxylic acids is 1. The molecule has 0 heterocycles. The van der Waals surface area contributed by atoms with E-state index in [9.17, 15) is 4.79 Å². The van der Waals surface area contributed by atoms with Crippen LogP contribution in [-0.4, -0.2) is 6.29 Å². The van der Waals surface area contributed by atoms with Crippen LogP contribution in [0.25, 0.3) is 0 Å². The lowest BCUT2D eigenvalue weighted by Gasteiger charge is -1.92. The summed E-state index contributed by atoms with van der Waals surface area (Å²) in [6.45, 7) is 0. The Morgan fingerprint density at radius 3 is 2.40 bits per heavy atom. The molecular formula is C8H6IO. The zero-order valence-electron chi connectivity index (χ0n) is 5.30. The highest BCUT2D eigenvalue weighted by Gasteiger charge is 1.89. The third-order valence-electron chi connectivity index (χ3n) is 1.19. The van der Waals surface area contributed by atoms with E-state index in [1.165, 1.54) is 3.57 Å². The first kappa shape index (κ1) is 7.72. The Kier molecular flexibility index (Phi) is 2.86. The van der Waals surface area contributed by atoms with Crippen LogP contribution in [0.1, 0.15) is 5.56 Å². The Morgan fingerprint density at radius 1 is 1.30 bits per heavy atom. The monoisotopic (exact) mass is 245 g/mol. The van der Waals surface area contributed by atoms with Crippen LogP contribution in [0.15, 0.2) is 24.3 Å². The zero-order valence-corrected chi connectivity index (χ0v) is 7.46. The van der Waals surface area contributed by atoms with Crippen LogP contribution < -0.4 is 0 Å². The lowest BCUT2D eigenvalue weighted by Crippen LogP contribution is -1.83. The van der Waals surface area contributed by atoms with Gasteiger partial charge in [0.05, 0.1) is 0 Å². The van der Waals surface area contributed by atoms with Crippen LogP contribution in [0.5, 0.6) is 0 Å². The van der Waals surface area contributed by atoms with E-state index in [0.717, 1.165) is 5.56 Å². The molecule has 0 fully saturated rings. The average Bonchev–Trinajstić information content (AvgIpc) is 1.95. The molecule has 1 nitrogen and oxygen atoms in total. The normalized spacial score (nSPS) is 9.30. The smallest absolute Gasteiger partial charge is 0.203 e. The maximum atomic E-state index is 9.93. The van der Waals surface area contributed by atoms with E-state index in [4.69, 9.17) is 0 Å². The van der Waals surface area contributed by atoms with Crippen molar-refractivity contribution in [1.82, 2.24) is 0 Å². The lowest BCUT2D eigenvalue weighted by atomic mass is 10.2. The maximum absolute atomic E-state index is 9.93. The minimum absolute atomic E-state index is 0.400. The average molecular weight is 245 g/mol. The molecule has 51 valence electrons. The van der Waals surface area contributed by atoms with Gasteiger partial charge in [-0.2, -0.15) is 0 Å². The number of halogens is 1. The van der Waals surface area contributed by atoms with Gasteiger partial charge in [-0.15, -0.1) is 0 Å². The third-order valence-corrected chi connectivity index (χ3v) is 1.91. The molecule has 0 bridgehead atoms. The molecule has 0 aromatic heterocycles. The van der Waals surface area contributed by atoms with E-state index in [2.05, 4.69) is 22.6 Å². The summed E-state index contributed by atoms with van der Waals surface area (Å²) < 4.78 is 1.19. The van der Waals surface area contributed by atoms with E-state index in [1.54, 1.807) is 0 Å². The Bertz CT molecular complexity index is 215. The van der Waals surface area contributed by atoms with Gasteiger partial charge in [-0.05, 0) is 40.3 Å². The number of hydrogen-bond acceptors (Lipinski definition) is 1. The highest BCUT2D eigenvalue weighted by Crippen LogP contribution is 2.05. The molecule has 0 aliphatic rings. The Hall–Kier alpha value is -0.380. The summed E-state index contributed by atoms with van der Waals surface area (Å²) in [5, 5.41) is 0. The molecular weight excluding hydrogens is 239 g/mol. The number of rotatable bonds is 2. The van der Waals surface area contributed by atoms with Crippen LogP contribution in [-0.2, 0) is 11.2 Å². The predicted molar refractivity (Wildman–Crippen MR) is 48.6 cm³/mol. The molecule has 1 aromatic carbocycles. The second-order valence-electron chi connectivity index (χ2n) is 1.95. The topological polar surface area (TPSA) is 17.1 Å². The quantitative estimate of drug-likeness (QED) is 0.727. The molecule has 1 radical (unpaired) electrons. The van der Waals surface area contributed by atoms with Gasteiger partial charge in [0.25, 0.3) is 0 Å². The molecule has 0 amide bonds. The molecule has 0 N–H and O–H groups in total. The van der Waals surface area contributed by atoms with Gasteiger partial charge in [0, 0.05) is 9.99 Å². The summed E-state index contributed by atoms with van der Waals surface area (Å²) in [5.74, 6) is 0. The summed E-state index contributed by atoms with van der Waals surface area (Å²) in [6, 6.07) is 7.83. The Morgan fingerprint density at radius 2 is 1.90 bits per heavy atom. The molecule has 0 saturated heterocycles. The van der Waals surface area contributed by atoms with E-state index in [-0.39, 0.29) is 0 Å². The summed E-state index contributed by atoms with van der Waals surface area (Å²) in [5.41, 5.74) is 1.02. The van der Waals surface area contributed by atoms with Crippen LogP contribution in [0.2, 0.25) is 0 Å². The SMILES string of the molecule is O=[C]Cc1ccc(I)cc1. The van der Waals surface area contributed by atoms with Crippen molar-refractivity contribution in [3.63, 3.8) is 0 Å². The first-order chi connectivity index (χ1) is 4.83. The summed E-state index contributed by atoms with van der Waals surface area (Å²) in [7, 11) is 0. The molecule has 2 heteroatoms. The molecule has 0 aliphatic heterocycles. The highest BCUT2D eigenvalue weighted by molar-refractivity contribution is 14.1. The van der Waals surface area contributed by atoms with Crippen LogP contribution in [0, 0.1) is 3.57 Å². The van der Waals surface area contributed by atoms with E-state index < -0.39 is 0 Å². The van der Waals surface area contributed by atoms with Gasteiger partial charge in [-0.3, -0.25) is 4.79 Å². The lowest BCUT2D eigenvalue weighted by molar-refractivity contribution is 0.555. The molecule has 1 aromatic rings. The highest BCUT2D eigenvalue weighted by atomic mass is 127. The minimum atomic E-state index is 0.400. The van der Waals surface area contributed by atoms with E-state index in [0.29, 0.717) is 6.42 Å². The largest absolute Gasteiger partial charge is 0.291 e. The second-order valence-corrected chi connectivity index (χ2v) is 3.19. The van der Waals surface area contributed by atoms with Crippen LogP contribution >= 0.6 is 22.6 Å². The van der Waals surface area contributed by atoms with Crippen molar-refractivity contribution in [2.45, 2.75) is 6.42 Å². The van der Waals surface area contributed by atoms with Crippen molar-refractivity contribution >= 4 is 28.9 Å². The van der Waals surface area contributed by atoms with Gasteiger partial charge in [0.2, 0.25) is 6.29 Å². The molecule has 1 rings (SSSR count). The van der Waals surface area contributed by atoms with Gasteiger partial charge in [0.15, 0.2) is 0 Å². The van der Waals surface area contributed by atoms with E-state index in [1.807, 2.05) is 30.6 Å². The fourth-order valence-electron chi connectivity index (χ4n) is 0.686. The predicted octanol–water partition coefficient (Wildman–Crippen LogP) is 1.94. The minimum Gasteiger partial charge on any atom is -0.291 e. The van der Waals surface area contributed by atoms with Gasteiger partial charge in [0.1, 0.15) is 0 Å². The van der Waals surface area contributed by atoms with Crippen molar-refractivity contribution < 1.29 is 4.79 Å². The standard InChI is InChI=1S/C8H6IO/c9-8-3-1-7(2-4-8)5-6-10/h1-4H,5H2. The first-order valence-electron chi connectivity index (χ1n) is 2.92. The van der Waals surface area contributed by atoms with Crippen LogP contribution in [0.4, 0.5) is 0 Å². The Balaban J connectivity index is 2.78. The summed E-state index contributed by atoms with van der Waals surface area (Å²) in [6.07, 6.45) is 2.25. The fraction of sp³-hybridized carbons (Fsp3) is 0.125. The molecule has 0 spiro atoms. The Labute approximate surface area is 73.6 Å². The maximum Gasteiger partial charge on any atom is 0.203 e. The number of hydrogen-bond donors (Lipinski definition) is 0. The van der Waals surface area contributed by atoms with E-state index >= 15 is 0 Å². The van der Waals surface area contributed by atoms with Gasteiger partial charge in [-0.1, -0.05) is 12.1 Å². The fourth-order valence-corrected chi connectivity index (χ4v) is 1.05. The van der Waals surface area contributed by atoms with Crippen molar-refractivity contribution in [2.24, 2.45) is 0 Å². The molecule has 0 aliphatic carbocycles. The van der Waals surface area contributed by atoms with Crippen molar-refractivity contribution in [2.75, 3.05) is 0 Å². The molecule has 0 unspecified atom stereocenters. The van der Waals surface area contributed by atoms with Crippen molar-refractivity contribution in [3.05, 3.63) is 33.4 Å². The molecule has 10 heavy (non-hydrogen) atoms. The molecule has 0 saturated carbocycles. The summed E-state index contributed by atoms with van der Waals surface area (Å²) >= 11 is 2.23. The molecule has 0 atom stereocenters. The van der Waals surface area contributed by atoms with Gasteiger partial charge >= 0.3 is 0 Å². The zero-order chi connectivity index (χ0) is 7.40. The van der Waals surface area contributed by atoms with Crippen molar-refractivity contribution in [3.8, 4) is 0 Å². The first-order valence-corrected chi connectivity index (χ1v) is 4.00. The van der Waals surface area contributed by atoms with Crippen molar-refractivity contribution in [1.29, 1.82) is 0 Å². The van der Waals surface area contributed by atoms with Crippen LogP contribution in [0.3, 0.4) is 0 Å². The number of benzene rings is 1. The third kappa shape index (κ3) is 2.10. The van der Waals surface area contributed by atoms with Gasteiger partial charge < -0.3 is 0 Å². The summed E-state index contributed by atoms with van der Waals surface area (Å²) in [4.78, 5) is 9.93. The van der Waals surface area contributed by atoms with Gasteiger partial charge in [-0.25, -0.2) is 0 Å². The second kappa shape index (κ2) is 3.71.